The Kier molecular flexibility index (Phi) is 3.57. The summed E-state index contributed by atoms with van der Waals surface area (Å²) in [5, 5.41) is 3.40. The van der Waals surface area contributed by atoms with E-state index in [-0.39, 0.29) is 0 Å². The highest BCUT2D eigenvalue weighted by Gasteiger charge is 2.14. The smallest absolute Gasteiger partial charge is 0.137 e. The van der Waals surface area contributed by atoms with E-state index in [1.807, 2.05) is 13.0 Å². The van der Waals surface area contributed by atoms with Gasteiger partial charge in [0.1, 0.15) is 12.4 Å². The van der Waals surface area contributed by atoms with Gasteiger partial charge in [-0.25, -0.2) is 0 Å². The van der Waals surface area contributed by atoms with Crippen LogP contribution >= 0.6 is 0 Å². The molecule has 1 aliphatic heterocycles. The molecule has 1 aromatic heterocycles. The molecule has 86 valence electrons. The van der Waals surface area contributed by atoms with Gasteiger partial charge in [-0.05, 0) is 44.0 Å². The number of aromatic nitrogens is 1. The molecule has 1 N–H and O–H groups in total. The molecule has 0 spiro atoms. The van der Waals surface area contributed by atoms with E-state index in [9.17, 15) is 0 Å². The first kappa shape index (κ1) is 11.1. The molecule has 1 aromatic rings. The Hall–Kier alpha value is -1.35. The summed E-state index contributed by atoms with van der Waals surface area (Å²) in [6.07, 6.45) is 5.98. The molecule has 0 aliphatic carbocycles. The van der Waals surface area contributed by atoms with Gasteiger partial charge in [0.05, 0.1) is 11.9 Å². The summed E-state index contributed by atoms with van der Waals surface area (Å²) in [4.78, 5) is 4.28. The predicted molar refractivity (Wildman–Crippen MR) is 65.6 cm³/mol. The van der Waals surface area contributed by atoms with Gasteiger partial charge in [-0.2, -0.15) is 0 Å². The molecule has 0 amide bonds. The van der Waals surface area contributed by atoms with E-state index in [1.54, 1.807) is 12.3 Å². The normalized spacial score (nSPS) is 19.7. The second kappa shape index (κ2) is 5.12. The Morgan fingerprint density at radius 1 is 1.69 bits per heavy atom. The fourth-order valence-electron chi connectivity index (χ4n) is 1.95. The quantitative estimate of drug-likeness (QED) is 0.841. The Balaban J connectivity index is 1.93. The summed E-state index contributed by atoms with van der Waals surface area (Å²) < 4.78 is 5.71. The number of hydrogen-bond donors (Lipinski definition) is 1. The second-order valence-electron chi connectivity index (χ2n) is 4.18. The molecule has 0 bridgehead atoms. The lowest BCUT2D eigenvalue weighted by molar-refractivity contribution is 0.276. The summed E-state index contributed by atoms with van der Waals surface area (Å²) in [7, 11) is 0. The van der Waals surface area contributed by atoms with Crippen molar-refractivity contribution in [2.75, 3.05) is 13.2 Å². The van der Waals surface area contributed by atoms with E-state index >= 15 is 0 Å². The summed E-state index contributed by atoms with van der Waals surface area (Å²) >= 11 is 0. The van der Waals surface area contributed by atoms with Crippen LogP contribution in [0.5, 0.6) is 5.75 Å². The van der Waals surface area contributed by atoms with Crippen molar-refractivity contribution in [3.63, 3.8) is 0 Å². The molecule has 1 saturated heterocycles. The molecule has 1 unspecified atom stereocenters. The van der Waals surface area contributed by atoms with Crippen LogP contribution in [0.4, 0.5) is 0 Å². The average Bonchev–Trinajstić information content (AvgIpc) is 2.79. The number of ether oxygens (including phenoxy) is 1. The van der Waals surface area contributed by atoms with E-state index in [2.05, 4.69) is 16.9 Å². The maximum absolute atomic E-state index is 5.71. The first-order valence-electron chi connectivity index (χ1n) is 5.75. The van der Waals surface area contributed by atoms with Gasteiger partial charge in [0.15, 0.2) is 0 Å². The Labute approximate surface area is 96.5 Å². The van der Waals surface area contributed by atoms with Crippen molar-refractivity contribution in [2.24, 2.45) is 0 Å². The van der Waals surface area contributed by atoms with E-state index in [1.165, 1.54) is 12.8 Å². The molecule has 3 heteroatoms. The standard InChI is InChI=1S/C13H18N2O/c1-3-13-10(2)7-12(8-15-13)16-9-11-5-4-6-14-11/h3,7-8,11,14H,1,4-6,9H2,2H3. The Morgan fingerprint density at radius 2 is 2.56 bits per heavy atom. The molecule has 0 radical (unpaired) electrons. The lowest BCUT2D eigenvalue weighted by Crippen LogP contribution is -2.28. The molecular weight excluding hydrogens is 200 g/mol. The third-order valence-corrected chi connectivity index (χ3v) is 2.90. The lowest BCUT2D eigenvalue weighted by Gasteiger charge is -2.12. The van der Waals surface area contributed by atoms with Crippen LogP contribution in [-0.4, -0.2) is 24.2 Å². The van der Waals surface area contributed by atoms with Gasteiger partial charge >= 0.3 is 0 Å². The largest absolute Gasteiger partial charge is 0.490 e. The zero-order valence-electron chi connectivity index (χ0n) is 9.70. The van der Waals surface area contributed by atoms with E-state index in [4.69, 9.17) is 4.74 Å². The molecule has 1 aliphatic rings. The SMILES string of the molecule is C=Cc1ncc(OCC2CCCN2)cc1C. The molecule has 0 aromatic carbocycles. The number of hydrogen-bond acceptors (Lipinski definition) is 3. The fourth-order valence-corrected chi connectivity index (χ4v) is 1.95. The zero-order valence-corrected chi connectivity index (χ0v) is 9.70. The maximum atomic E-state index is 5.71. The molecule has 1 atom stereocenters. The van der Waals surface area contributed by atoms with Gasteiger partial charge in [-0.1, -0.05) is 6.58 Å². The summed E-state index contributed by atoms with van der Waals surface area (Å²) in [6, 6.07) is 2.51. The van der Waals surface area contributed by atoms with Gasteiger partial charge in [0, 0.05) is 6.04 Å². The van der Waals surface area contributed by atoms with Crippen LogP contribution in [0.15, 0.2) is 18.8 Å². The Morgan fingerprint density at radius 3 is 3.19 bits per heavy atom. The van der Waals surface area contributed by atoms with Crippen molar-refractivity contribution in [3.05, 3.63) is 30.1 Å². The van der Waals surface area contributed by atoms with E-state index in [0.29, 0.717) is 6.04 Å². The van der Waals surface area contributed by atoms with E-state index < -0.39 is 0 Å². The molecule has 3 nitrogen and oxygen atoms in total. The van der Waals surface area contributed by atoms with Gasteiger partial charge in [-0.3, -0.25) is 4.98 Å². The van der Waals surface area contributed by atoms with Crippen molar-refractivity contribution < 1.29 is 4.74 Å². The molecule has 16 heavy (non-hydrogen) atoms. The summed E-state index contributed by atoms with van der Waals surface area (Å²) in [5.74, 6) is 0.844. The number of nitrogens with zero attached hydrogens (tertiary/aromatic N) is 1. The lowest BCUT2D eigenvalue weighted by atomic mass is 10.2. The molecule has 0 saturated carbocycles. The Bertz CT molecular complexity index is 370. The first-order chi connectivity index (χ1) is 7.79. The van der Waals surface area contributed by atoms with Crippen LogP contribution in [0.2, 0.25) is 0 Å². The number of aryl methyl sites for hydroxylation is 1. The monoisotopic (exact) mass is 218 g/mol. The fraction of sp³-hybridized carbons (Fsp3) is 0.462. The van der Waals surface area contributed by atoms with Gasteiger partial charge < -0.3 is 10.1 Å². The van der Waals surface area contributed by atoms with Crippen LogP contribution in [0.3, 0.4) is 0 Å². The molecule has 2 heterocycles. The van der Waals surface area contributed by atoms with Crippen molar-refractivity contribution >= 4 is 6.08 Å². The van der Waals surface area contributed by atoms with Crippen molar-refractivity contribution in [3.8, 4) is 5.75 Å². The molecule has 2 rings (SSSR count). The van der Waals surface area contributed by atoms with E-state index in [0.717, 1.165) is 30.2 Å². The van der Waals surface area contributed by atoms with Crippen LogP contribution in [-0.2, 0) is 0 Å². The second-order valence-corrected chi connectivity index (χ2v) is 4.18. The number of rotatable bonds is 4. The van der Waals surface area contributed by atoms with Crippen molar-refractivity contribution in [2.45, 2.75) is 25.8 Å². The third kappa shape index (κ3) is 2.61. The van der Waals surface area contributed by atoms with Crippen LogP contribution in [0.25, 0.3) is 6.08 Å². The minimum Gasteiger partial charge on any atom is -0.490 e. The predicted octanol–water partition coefficient (Wildman–Crippen LogP) is 2.16. The van der Waals surface area contributed by atoms with Crippen molar-refractivity contribution in [1.29, 1.82) is 0 Å². The zero-order chi connectivity index (χ0) is 11.4. The number of nitrogens with one attached hydrogen (secondary N) is 1. The highest BCUT2D eigenvalue weighted by molar-refractivity contribution is 5.47. The summed E-state index contributed by atoms with van der Waals surface area (Å²) in [6.45, 7) is 7.58. The highest BCUT2D eigenvalue weighted by atomic mass is 16.5. The minimum atomic E-state index is 0.499. The molecular formula is C13H18N2O. The number of pyridine rings is 1. The summed E-state index contributed by atoms with van der Waals surface area (Å²) in [5.41, 5.74) is 2.03. The maximum Gasteiger partial charge on any atom is 0.137 e. The molecule has 1 fully saturated rings. The average molecular weight is 218 g/mol. The minimum absolute atomic E-state index is 0.499. The third-order valence-electron chi connectivity index (χ3n) is 2.90. The topological polar surface area (TPSA) is 34.1 Å². The first-order valence-corrected chi connectivity index (χ1v) is 5.75. The highest BCUT2D eigenvalue weighted by Crippen LogP contribution is 2.16. The van der Waals surface area contributed by atoms with Crippen LogP contribution < -0.4 is 10.1 Å². The van der Waals surface area contributed by atoms with Gasteiger partial charge in [0.25, 0.3) is 0 Å². The van der Waals surface area contributed by atoms with Gasteiger partial charge in [-0.15, -0.1) is 0 Å². The van der Waals surface area contributed by atoms with Gasteiger partial charge in [0.2, 0.25) is 0 Å². The van der Waals surface area contributed by atoms with Crippen LogP contribution in [0, 0.1) is 6.92 Å². The van der Waals surface area contributed by atoms with Crippen LogP contribution in [0.1, 0.15) is 24.1 Å². The van der Waals surface area contributed by atoms with Crippen molar-refractivity contribution in [1.82, 2.24) is 10.3 Å².